The zero-order chi connectivity index (χ0) is 13.7. The zero-order valence-corrected chi connectivity index (χ0v) is 11.5. The van der Waals surface area contributed by atoms with E-state index in [0.29, 0.717) is 28.9 Å². The highest BCUT2D eigenvalue weighted by atomic mass is 35.5. The van der Waals surface area contributed by atoms with Crippen molar-refractivity contribution in [2.45, 2.75) is 13.2 Å². The molecule has 2 aromatic rings. The number of hydrazine groups is 1. The SMILES string of the molecule is NNC(=O)c1nc(COCc2cccc(Cl)c2)cs1. The van der Waals surface area contributed by atoms with Crippen LogP contribution < -0.4 is 11.3 Å². The number of nitrogen functional groups attached to an aromatic ring is 1. The summed E-state index contributed by atoms with van der Waals surface area (Å²) in [5, 5.41) is 2.77. The summed E-state index contributed by atoms with van der Waals surface area (Å²) < 4.78 is 5.51. The normalized spacial score (nSPS) is 10.4. The van der Waals surface area contributed by atoms with Gasteiger partial charge in [0.1, 0.15) is 0 Å². The quantitative estimate of drug-likeness (QED) is 0.503. The number of hydrogen-bond donors (Lipinski definition) is 2. The second-order valence-corrected chi connectivity index (χ2v) is 5.03. The van der Waals surface area contributed by atoms with E-state index in [0.717, 1.165) is 5.56 Å². The number of rotatable bonds is 5. The number of carbonyl (C=O) groups is 1. The molecule has 1 heterocycles. The molecular weight excluding hydrogens is 286 g/mol. The fraction of sp³-hybridized carbons (Fsp3) is 0.167. The number of carbonyl (C=O) groups excluding carboxylic acids is 1. The first-order chi connectivity index (χ1) is 9.19. The number of nitrogens with zero attached hydrogens (tertiary/aromatic N) is 1. The Hall–Kier alpha value is -1.47. The molecular formula is C12H12ClN3O2S. The molecule has 0 atom stereocenters. The minimum Gasteiger partial charge on any atom is -0.370 e. The third-order valence-corrected chi connectivity index (χ3v) is 3.41. The highest BCUT2D eigenvalue weighted by Gasteiger charge is 2.09. The lowest BCUT2D eigenvalue weighted by Gasteiger charge is -2.02. The van der Waals surface area contributed by atoms with Crippen molar-refractivity contribution in [1.29, 1.82) is 0 Å². The van der Waals surface area contributed by atoms with Gasteiger partial charge >= 0.3 is 0 Å². The molecule has 0 spiro atoms. The lowest BCUT2D eigenvalue weighted by atomic mass is 10.2. The van der Waals surface area contributed by atoms with Gasteiger partial charge in [0.05, 0.1) is 18.9 Å². The van der Waals surface area contributed by atoms with Crippen molar-refractivity contribution in [2.75, 3.05) is 0 Å². The van der Waals surface area contributed by atoms with E-state index in [1.54, 1.807) is 5.38 Å². The molecule has 7 heteroatoms. The second kappa shape index (κ2) is 6.63. The summed E-state index contributed by atoms with van der Waals surface area (Å²) in [4.78, 5) is 15.3. The minimum atomic E-state index is -0.397. The summed E-state index contributed by atoms with van der Waals surface area (Å²) in [7, 11) is 0. The number of halogens is 1. The van der Waals surface area contributed by atoms with E-state index < -0.39 is 5.91 Å². The summed E-state index contributed by atoms with van der Waals surface area (Å²) in [6, 6.07) is 7.45. The first kappa shape index (κ1) is 14.0. The molecule has 2 rings (SSSR count). The molecule has 0 radical (unpaired) electrons. The third kappa shape index (κ3) is 4.00. The maximum Gasteiger partial charge on any atom is 0.294 e. The van der Waals surface area contributed by atoms with Gasteiger partial charge in [-0.15, -0.1) is 11.3 Å². The number of benzene rings is 1. The van der Waals surface area contributed by atoms with Gasteiger partial charge in [0.25, 0.3) is 5.91 Å². The number of nitrogens with one attached hydrogen (secondary N) is 1. The summed E-state index contributed by atoms with van der Waals surface area (Å²) in [5.41, 5.74) is 3.72. The van der Waals surface area contributed by atoms with Crippen molar-refractivity contribution < 1.29 is 9.53 Å². The van der Waals surface area contributed by atoms with Crippen LogP contribution in [0.4, 0.5) is 0 Å². The molecule has 0 aliphatic rings. The average Bonchev–Trinajstić information content (AvgIpc) is 2.87. The van der Waals surface area contributed by atoms with Gasteiger partial charge in [0.2, 0.25) is 0 Å². The molecule has 0 aliphatic carbocycles. The number of amides is 1. The predicted molar refractivity (Wildman–Crippen MR) is 73.7 cm³/mol. The van der Waals surface area contributed by atoms with Crippen LogP contribution >= 0.6 is 22.9 Å². The van der Waals surface area contributed by atoms with Crippen LogP contribution in [0.2, 0.25) is 5.02 Å². The first-order valence-electron chi connectivity index (χ1n) is 5.46. The highest BCUT2D eigenvalue weighted by molar-refractivity contribution is 7.11. The van der Waals surface area contributed by atoms with Crippen molar-refractivity contribution in [1.82, 2.24) is 10.4 Å². The lowest BCUT2D eigenvalue weighted by molar-refractivity contribution is 0.0948. The van der Waals surface area contributed by atoms with Gasteiger partial charge in [-0.25, -0.2) is 10.8 Å². The van der Waals surface area contributed by atoms with Crippen molar-refractivity contribution in [2.24, 2.45) is 5.84 Å². The van der Waals surface area contributed by atoms with Crippen LogP contribution in [0.25, 0.3) is 0 Å². The van der Waals surface area contributed by atoms with E-state index in [4.69, 9.17) is 22.2 Å². The molecule has 0 fully saturated rings. The van der Waals surface area contributed by atoms with Gasteiger partial charge < -0.3 is 4.74 Å². The van der Waals surface area contributed by atoms with Crippen molar-refractivity contribution in [3.8, 4) is 0 Å². The number of thiazole rings is 1. The Morgan fingerprint density at radius 3 is 3.05 bits per heavy atom. The average molecular weight is 298 g/mol. The Morgan fingerprint density at radius 2 is 2.32 bits per heavy atom. The van der Waals surface area contributed by atoms with Crippen molar-refractivity contribution in [3.05, 3.63) is 50.9 Å². The Balaban J connectivity index is 1.86. The Morgan fingerprint density at radius 1 is 1.47 bits per heavy atom. The molecule has 0 saturated carbocycles. The predicted octanol–water partition coefficient (Wildman–Crippen LogP) is 2.12. The molecule has 1 amide bonds. The Labute approximate surface area is 119 Å². The summed E-state index contributed by atoms with van der Waals surface area (Å²) in [6.45, 7) is 0.775. The fourth-order valence-electron chi connectivity index (χ4n) is 1.44. The lowest BCUT2D eigenvalue weighted by Crippen LogP contribution is -2.29. The Bertz CT molecular complexity index is 574. The van der Waals surface area contributed by atoms with Crippen molar-refractivity contribution in [3.63, 3.8) is 0 Å². The number of ether oxygens (including phenoxy) is 1. The molecule has 0 bridgehead atoms. The van der Waals surface area contributed by atoms with Gasteiger partial charge in [-0.2, -0.15) is 0 Å². The molecule has 19 heavy (non-hydrogen) atoms. The molecule has 0 unspecified atom stereocenters. The maximum atomic E-state index is 11.2. The minimum absolute atomic E-state index is 0.323. The maximum absolute atomic E-state index is 11.2. The zero-order valence-electron chi connectivity index (χ0n) is 9.93. The van der Waals surface area contributed by atoms with E-state index in [1.165, 1.54) is 11.3 Å². The van der Waals surface area contributed by atoms with Crippen LogP contribution in [0.15, 0.2) is 29.6 Å². The van der Waals surface area contributed by atoms with Crippen LogP contribution in [-0.4, -0.2) is 10.9 Å². The van der Waals surface area contributed by atoms with Gasteiger partial charge in [0.15, 0.2) is 5.01 Å². The monoisotopic (exact) mass is 297 g/mol. The van der Waals surface area contributed by atoms with Gasteiger partial charge in [-0.1, -0.05) is 23.7 Å². The largest absolute Gasteiger partial charge is 0.370 e. The Kier molecular flexibility index (Phi) is 4.86. The molecule has 1 aromatic heterocycles. The number of hydrogen-bond acceptors (Lipinski definition) is 5. The smallest absolute Gasteiger partial charge is 0.294 e. The van der Waals surface area contributed by atoms with Gasteiger partial charge in [0, 0.05) is 10.4 Å². The topological polar surface area (TPSA) is 77.2 Å². The fourth-order valence-corrected chi connectivity index (χ4v) is 2.36. The molecule has 0 aliphatic heterocycles. The summed E-state index contributed by atoms with van der Waals surface area (Å²) in [6.07, 6.45) is 0. The van der Waals surface area contributed by atoms with E-state index in [-0.39, 0.29) is 0 Å². The van der Waals surface area contributed by atoms with Gasteiger partial charge in [-0.3, -0.25) is 10.2 Å². The van der Waals surface area contributed by atoms with Crippen LogP contribution in [-0.2, 0) is 18.0 Å². The molecule has 100 valence electrons. The van der Waals surface area contributed by atoms with E-state index in [1.807, 2.05) is 29.7 Å². The molecule has 0 saturated heterocycles. The molecule has 5 nitrogen and oxygen atoms in total. The summed E-state index contributed by atoms with van der Waals surface area (Å²) >= 11 is 7.10. The number of nitrogens with two attached hydrogens (primary N) is 1. The molecule has 3 N–H and O–H groups in total. The first-order valence-corrected chi connectivity index (χ1v) is 6.72. The number of aromatic nitrogens is 1. The second-order valence-electron chi connectivity index (χ2n) is 3.74. The van der Waals surface area contributed by atoms with Crippen LogP contribution in [0.5, 0.6) is 0 Å². The highest BCUT2D eigenvalue weighted by Crippen LogP contribution is 2.14. The van der Waals surface area contributed by atoms with Crippen LogP contribution in [0, 0.1) is 0 Å². The van der Waals surface area contributed by atoms with Crippen LogP contribution in [0.1, 0.15) is 21.1 Å². The summed E-state index contributed by atoms with van der Waals surface area (Å²) in [5.74, 6) is 4.63. The van der Waals surface area contributed by atoms with E-state index in [2.05, 4.69) is 4.98 Å². The van der Waals surface area contributed by atoms with Crippen molar-refractivity contribution >= 4 is 28.8 Å². The van der Waals surface area contributed by atoms with E-state index in [9.17, 15) is 4.79 Å². The standard InChI is InChI=1S/C12H12ClN3O2S/c13-9-3-1-2-8(4-9)5-18-6-10-7-19-12(15-10)11(17)16-14/h1-4,7H,5-6,14H2,(H,16,17). The van der Waals surface area contributed by atoms with Gasteiger partial charge in [-0.05, 0) is 17.7 Å². The molecule has 1 aromatic carbocycles. The third-order valence-electron chi connectivity index (χ3n) is 2.28. The van der Waals surface area contributed by atoms with Crippen LogP contribution in [0.3, 0.4) is 0 Å². The van der Waals surface area contributed by atoms with E-state index >= 15 is 0 Å².